The zero-order chi connectivity index (χ0) is 21.8. The highest BCUT2D eigenvalue weighted by Gasteiger charge is 2.24. The maximum atomic E-state index is 12.9. The highest BCUT2D eigenvalue weighted by Crippen LogP contribution is 2.24. The molecule has 1 fully saturated rings. The second kappa shape index (κ2) is 9.07. The lowest BCUT2D eigenvalue weighted by molar-refractivity contribution is -0.134. The molecule has 0 atom stereocenters. The predicted octanol–water partition coefficient (Wildman–Crippen LogP) is 2.40. The molecule has 1 aromatic carbocycles. The smallest absolute Gasteiger partial charge is 0.339 e. The largest absolute Gasteiger partial charge is 0.452 e. The summed E-state index contributed by atoms with van der Waals surface area (Å²) in [4.78, 5) is 42.4. The third-order valence-corrected chi connectivity index (χ3v) is 5.57. The minimum Gasteiger partial charge on any atom is -0.452 e. The molecule has 0 radical (unpaired) electrons. The molecule has 0 unspecified atom stereocenters. The van der Waals surface area contributed by atoms with Crippen molar-refractivity contribution < 1.29 is 14.3 Å². The standard InChI is InChI=1S/C23H25N5O3/c1-3-18-16(2)21(17-7-4-5-8-19(17)26-18)22(30)31-15-20(29)27-11-13-28(14-12-27)23-24-9-6-10-25-23/h4-10H,3,11-15H2,1-2H3. The summed E-state index contributed by atoms with van der Waals surface area (Å²) >= 11 is 0. The van der Waals surface area contributed by atoms with E-state index >= 15 is 0 Å². The number of esters is 1. The van der Waals surface area contributed by atoms with Gasteiger partial charge in [0.25, 0.3) is 5.91 Å². The second-order valence-corrected chi connectivity index (χ2v) is 7.42. The molecular formula is C23H25N5O3. The number of benzene rings is 1. The second-order valence-electron chi connectivity index (χ2n) is 7.42. The molecule has 0 saturated carbocycles. The Bertz CT molecular complexity index is 1100. The van der Waals surface area contributed by atoms with Gasteiger partial charge in [0.2, 0.25) is 5.95 Å². The van der Waals surface area contributed by atoms with Gasteiger partial charge in [-0.3, -0.25) is 9.78 Å². The number of amides is 1. The van der Waals surface area contributed by atoms with Crippen LogP contribution in [0.1, 0.15) is 28.5 Å². The number of carbonyl (C=O) groups excluding carboxylic acids is 2. The molecule has 8 heteroatoms. The highest BCUT2D eigenvalue weighted by molar-refractivity contribution is 6.05. The molecular weight excluding hydrogens is 394 g/mol. The van der Waals surface area contributed by atoms with Crippen molar-refractivity contribution in [1.29, 1.82) is 0 Å². The van der Waals surface area contributed by atoms with Gasteiger partial charge in [-0.15, -0.1) is 0 Å². The number of pyridine rings is 1. The lowest BCUT2D eigenvalue weighted by Crippen LogP contribution is -2.50. The van der Waals surface area contributed by atoms with Gasteiger partial charge in [-0.2, -0.15) is 0 Å². The summed E-state index contributed by atoms with van der Waals surface area (Å²) in [5.74, 6) is -0.0306. The minimum atomic E-state index is -0.490. The van der Waals surface area contributed by atoms with Crippen LogP contribution >= 0.6 is 0 Å². The Labute approximate surface area is 180 Å². The molecule has 3 heterocycles. The van der Waals surface area contributed by atoms with Gasteiger partial charge in [-0.1, -0.05) is 25.1 Å². The summed E-state index contributed by atoms with van der Waals surface area (Å²) < 4.78 is 5.45. The van der Waals surface area contributed by atoms with Crippen LogP contribution in [0.25, 0.3) is 10.9 Å². The number of hydrogen-bond donors (Lipinski definition) is 0. The fraction of sp³-hybridized carbons (Fsp3) is 0.348. The number of aromatic nitrogens is 3. The highest BCUT2D eigenvalue weighted by atomic mass is 16.5. The van der Waals surface area contributed by atoms with Gasteiger partial charge < -0.3 is 14.5 Å². The Balaban J connectivity index is 1.40. The van der Waals surface area contributed by atoms with Crippen molar-refractivity contribution in [3.8, 4) is 0 Å². The van der Waals surface area contributed by atoms with Gasteiger partial charge in [-0.25, -0.2) is 14.8 Å². The topological polar surface area (TPSA) is 88.5 Å². The summed E-state index contributed by atoms with van der Waals surface area (Å²) in [5.41, 5.74) is 2.90. The quantitative estimate of drug-likeness (QED) is 0.587. The van der Waals surface area contributed by atoms with E-state index in [0.29, 0.717) is 44.1 Å². The van der Waals surface area contributed by atoms with Crippen molar-refractivity contribution in [1.82, 2.24) is 19.9 Å². The van der Waals surface area contributed by atoms with Crippen LogP contribution < -0.4 is 4.90 Å². The molecule has 0 spiro atoms. The van der Waals surface area contributed by atoms with Crippen molar-refractivity contribution >= 4 is 28.7 Å². The fourth-order valence-corrected chi connectivity index (χ4v) is 3.87. The van der Waals surface area contributed by atoms with Gasteiger partial charge >= 0.3 is 5.97 Å². The SMILES string of the molecule is CCc1nc2ccccc2c(C(=O)OCC(=O)N2CCN(c3ncccn3)CC2)c1C. The van der Waals surface area contributed by atoms with Crippen LogP contribution in [0.15, 0.2) is 42.7 Å². The number of rotatable bonds is 5. The van der Waals surface area contributed by atoms with Crippen LogP contribution in [-0.2, 0) is 16.0 Å². The molecule has 0 N–H and O–H groups in total. The molecule has 0 aliphatic carbocycles. The Morgan fingerprint density at radius 3 is 2.45 bits per heavy atom. The van der Waals surface area contributed by atoms with Crippen LogP contribution in [-0.4, -0.2) is 64.5 Å². The Morgan fingerprint density at radius 1 is 1.03 bits per heavy atom. The molecule has 0 bridgehead atoms. The van der Waals surface area contributed by atoms with Crippen molar-refractivity contribution in [3.05, 3.63) is 59.5 Å². The summed E-state index contributed by atoms with van der Waals surface area (Å²) in [5, 5.41) is 0.742. The number of anilines is 1. The van der Waals surface area contributed by atoms with E-state index in [4.69, 9.17) is 4.74 Å². The molecule has 1 aliphatic heterocycles. The Morgan fingerprint density at radius 2 is 1.74 bits per heavy atom. The predicted molar refractivity (Wildman–Crippen MR) is 117 cm³/mol. The van der Waals surface area contributed by atoms with E-state index in [-0.39, 0.29) is 12.5 Å². The van der Waals surface area contributed by atoms with E-state index in [2.05, 4.69) is 15.0 Å². The first-order valence-electron chi connectivity index (χ1n) is 10.4. The number of ether oxygens (including phenoxy) is 1. The molecule has 160 valence electrons. The van der Waals surface area contributed by atoms with Crippen LogP contribution in [0.4, 0.5) is 5.95 Å². The van der Waals surface area contributed by atoms with Gasteiger partial charge in [0, 0.05) is 49.7 Å². The lowest BCUT2D eigenvalue weighted by Gasteiger charge is -2.34. The van der Waals surface area contributed by atoms with Gasteiger partial charge in [0.15, 0.2) is 6.61 Å². The van der Waals surface area contributed by atoms with Crippen LogP contribution in [0.5, 0.6) is 0 Å². The average molecular weight is 419 g/mol. The first-order valence-corrected chi connectivity index (χ1v) is 10.4. The van der Waals surface area contributed by atoms with E-state index in [1.165, 1.54) is 0 Å². The number of hydrogen-bond acceptors (Lipinski definition) is 7. The number of piperazine rings is 1. The lowest BCUT2D eigenvalue weighted by atomic mass is 10.0. The summed E-state index contributed by atoms with van der Waals surface area (Å²) in [7, 11) is 0. The number of nitrogens with zero attached hydrogens (tertiary/aromatic N) is 5. The first-order chi connectivity index (χ1) is 15.1. The van der Waals surface area contributed by atoms with Crippen molar-refractivity contribution in [3.63, 3.8) is 0 Å². The van der Waals surface area contributed by atoms with E-state index in [0.717, 1.165) is 22.2 Å². The number of carbonyl (C=O) groups is 2. The molecule has 1 amide bonds. The first kappa shape index (κ1) is 20.7. The third kappa shape index (κ3) is 4.33. The van der Waals surface area contributed by atoms with Gasteiger partial charge in [0.1, 0.15) is 0 Å². The monoisotopic (exact) mass is 419 g/mol. The van der Waals surface area contributed by atoms with Gasteiger partial charge in [-0.05, 0) is 31.0 Å². The minimum absolute atomic E-state index is 0.200. The number of fused-ring (bicyclic) bond motifs is 1. The Kier molecular flexibility index (Phi) is 6.06. The number of para-hydroxylation sites is 1. The van der Waals surface area contributed by atoms with Crippen molar-refractivity contribution in [2.75, 3.05) is 37.7 Å². The average Bonchev–Trinajstić information content (AvgIpc) is 2.82. The van der Waals surface area contributed by atoms with Crippen molar-refractivity contribution in [2.24, 2.45) is 0 Å². The van der Waals surface area contributed by atoms with E-state index in [9.17, 15) is 9.59 Å². The van der Waals surface area contributed by atoms with Crippen LogP contribution in [0, 0.1) is 6.92 Å². The van der Waals surface area contributed by atoms with Gasteiger partial charge in [0.05, 0.1) is 11.1 Å². The molecule has 8 nitrogen and oxygen atoms in total. The zero-order valence-electron chi connectivity index (χ0n) is 17.7. The van der Waals surface area contributed by atoms with E-state index in [1.807, 2.05) is 43.0 Å². The maximum absolute atomic E-state index is 12.9. The van der Waals surface area contributed by atoms with Crippen LogP contribution in [0.3, 0.4) is 0 Å². The number of aryl methyl sites for hydroxylation is 1. The summed E-state index contributed by atoms with van der Waals surface area (Å²) in [6.07, 6.45) is 4.12. The Hall–Kier alpha value is -3.55. The molecule has 2 aromatic heterocycles. The molecule has 1 saturated heterocycles. The molecule has 4 rings (SSSR count). The summed E-state index contributed by atoms with van der Waals surface area (Å²) in [6.45, 7) is 5.94. The summed E-state index contributed by atoms with van der Waals surface area (Å²) in [6, 6.07) is 9.27. The molecule has 1 aliphatic rings. The maximum Gasteiger partial charge on any atom is 0.339 e. The molecule has 3 aromatic rings. The third-order valence-electron chi connectivity index (χ3n) is 5.57. The van der Waals surface area contributed by atoms with Crippen molar-refractivity contribution in [2.45, 2.75) is 20.3 Å². The van der Waals surface area contributed by atoms with E-state index in [1.54, 1.807) is 23.4 Å². The fourth-order valence-electron chi connectivity index (χ4n) is 3.87. The molecule has 31 heavy (non-hydrogen) atoms. The van der Waals surface area contributed by atoms with E-state index < -0.39 is 5.97 Å². The normalized spacial score (nSPS) is 14.0. The van der Waals surface area contributed by atoms with Crippen LogP contribution in [0.2, 0.25) is 0 Å². The zero-order valence-corrected chi connectivity index (χ0v) is 17.7.